The Morgan fingerprint density at radius 3 is 2.84 bits per heavy atom. The van der Waals surface area contributed by atoms with Gasteiger partial charge >= 0.3 is 5.97 Å². The summed E-state index contributed by atoms with van der Waals surface area (Å²) < 4.78 is 16.0. The molecule has 0 radical (unpaired) electrons. The van der Waals surface area contributed by atoms with E-state index >= 15 is 0 Å². The largest absolute Gasteiger partial charge is 0.497 e. The molecule has 1 saturated heterocycles. The van der Waals surface area contributed by atoms with Crippen molar-refractivity contribution in [3.05, 3.63) is 30.0 Å². The summed E-state index contributed by atoms with van der Waals surface area (Å²) in [6.07, 6.45) is 2.06. The third-order valence-electron chi connectivity index (χ3n) is 4.64. The minimum atomic E-state index is -0.916. The molecule has 0 spiro atoms. The van der Waals surface area contributed by atoms with Gasteiger partial charge in [-0.1, -0.05) is 0 Å². The molecule has 2 heterocycles. The molecule has 25 heavy (non-hydrogen) atoms. The van der Waals surface area contributed by atoms with Gasteiger partial charge in [-0.05, 0) is 18.6 Å². The number of nitrogens with zero attached hydrogens (tertiary/aromatic N) is 1. The number of carboxylic acid groups (broad SMARTS) is 1. The first-order valence-corrected chi connectivity index (χ1v) is 8.10. The summed E-state index contributed by atoms with van der Waals surface area (Å²) >= 11 is 0. The quantitative estimate of drug-likeness (QED) is 0.860. The van der Waals surface area contributed by atoms with Crippen LogP contribution in [0.5, 0.6) is 5.75 Å². The van der Waals surface area contributed by atoms with Crippen molar-refractivity contribution in [1.82, 2.24) is 4.90 Å². The topological polar surface area (TPSA) is 89.2 Å². The second kappa shape index (κ2) is 7.14. The first-order valence-electron chi connectivity index (χ1n) is 8.10. The molecule has 1 aliphatic rings. The number of aliphatic carboxylic acids is 1. The molecule has 1 amide bonds. The lowest BCUT2D eigenvalue weighted by atomic mass is 10.1. The number of carboxylic acids is 1. The van der Waals surface area contributed by atoms with Crippen LogP contribution in [0, 0.1) is 0 Å². The average molecular weight is 347 g/mol. The van der Waals surface area contributed by atoms with Crippen LogP contribution in [0.3, 0.4) is 0 Å². The van der Waals surface area contributed by atoms with Crippen LogP contribution < -0.4 is 4.74 Å². The fraction of sp³-hybridized carbons (Fsp3) is 0.444. The van der Waals surface area contributed by atoms with E-state index in [0.717, 1.165) is 10.9 Å². The summed E-state index contributed by atoms with van der Waals surface area (Å²) in [6.45, 7) is 0.414. The van der Waals surface area contributed by atoms with Gasteiger partial charge in [-0.2, -0.15) is 0 Å². The van der Waals surface area contributed by atoms with E-state index in [4.69, 9.17) is 19.0 Å². The van der Waals surface area contributed by atoms with Crippen LogP contribution in [-0.2, 0) is 20.7 Å². The normalized spacial score (nSPS) is 20.2. The third kappa shape index (κ3) is 3.61. The summed E-state index contributed by atoms with van der Waals surface area (Å²) in [5.41, 5.74) is 1.43. The Labute approximate surface area is 145 Å². The van der Waals surface area contributed by atoms with E-state index in [9.17, 15) is 9.59 Å². The number of carbonyl (C=O) groups is 2. The first kappa shape index (κ1) is 17.3. The Kier molecular flexibility index (Phi) is 4.94. The molecule has 1 fully saturated rings. The molecule has 0 bridgehead atoms. The number of hydrogen-bond donors (Lipinski definition) is 1. The summed E-state index contributed by atoms with van der Waals surface area (Å²) in [5, 5.41) is 9.93. The van der Waals surface area contributed by atoms with Crippen LogP contribution >= 0.6 is 0 Å². The van der Waals surface area contributed by atoms with Crippen LogP contribution in [0.4, 0.5) is 0 Å². The number of benzene rings is 1. The van der Waals surface area contributed by atoms with Gasteiger partial charge in [-0.15, -0.1) is 0 Å². The highest BCUT2D eigenvalue weighted by Crippen LogP contribution is 2.28. The average Bonchev–Trinajstić information content (AvgIpc) is 3.18. The molecule has 1 aromatic heterocycles. The number of carbonyl (C=O) groups excluding carboxylic acids is 1. The number of furan rings is 1. The van der Waals surface area contributed by atoms with Gasteiger partial charge in [-0.25, -0.2) is 0 Å². The maximum atomic E-state index is 12.7. The summed E-state index contributed by atoms with van der Waals surface area (Å²) in [5.74, 6) is -0.353. The van der Waals surface area contributed by atoms with Crippen molar-refractivity contribution in [3.8, 4) is 5.75 Å². The number of rotatable bonds is 6. The molecule has 1 N–H and O–H groups in total. The van der Waals surface area contributed by atoms with Crippen molar-refractivity contribution in [2.75, 3.05) is 20.8 Å². The van der Waals surface area contributed by atoms with E-state index in [-0.39, 0.29) is 30.9 Å². The lowest BCUT2D eigenvalue weighted by Crippen LogP contribution is -2.38. The van der Waals surface area contributed by atoms with Gasteiger partial charge < -0.3 is 23.9 Å². The lowest BCUT2D eigenvalue weighted by molar-refractivity contribution is -0.139. The standard InChI is InChI=1S/C18H21NO6/c1-23-13-3-4-15-11(10-25-16(15)8-13)5-17(20)19-9-14(24-2)6-12(19)7-18(21)22/h3-4,8,10,12,14H,5-7,9H2,1-2H3,(H,21,22). The molecule has 2 unspecified atom stereocenters. The lowest BCUT2D eigenvalue weighted by Gasteiger charge is -2.23. The molecular formula is C18H21NO6. The molecule has 0 aliphatic carbocycles. The minimum Gasteiger partial charge on any atom is -0.497 e. The Morgan fingerprint density at radius 1 is 1.36 bits per heavy atom. The number of methoxy groups -OCH3 is 2. The molecule has 7 nitrogen and oxygen atoms in total. The molecule has 0 saturated carbocycles. The van der Waals surface area contributed by atoms with Crippen molar-refractivity contribution in [2.24, 2.45) is 0 Å². The van der Waals surface area contributed by atoms with Crippen molar-refractivity contribution in [1.29, 1.82) is 0 Å². The van der Waals surface area contributed by atoms with Crippen LogP contribution in [0.15, 0.2) is 28.9 Å². The first-order chi connectivity index (χ1) is 12.0. The second-order valence-electron chi connectivity index (χ2n) is 6.19. The molecule has 1 aromatic carbocycles. The maximum Gasteiger partial charge on any atom is 0.305 e. The van der Waals surface area contributed by atoms with Crippen molar-refractivity contribution >= 4 is 22.8 Å². The second-order valence-corrected chi connectivity index (χ2v) is 6.19. The van der Waals surface area contributed by atoms with Crippen LogP contribution in [0.2, 0.25) is 0 Å². The van der Waals surface area contributed by atoms with E-state index in [1.807, 2.05) is 12.1 Å². The third-order valence-corrected chi connectivity index (χ3v) is 4.64. The Balaban J connectivity index is 1.77. The van der Waals surface area contributed by atoms with Crippen molar-refractivity contribution in [2.45, 2.75) is 31.4 Å². The number of hydrogen-bond acceptors (Lipinski definition) is 5. The molecule has 134 valence electrons. The minimum absolute atomic E-state index is 0.0745. The smallest absolute Gasteiger partial charge is 0.305 e. The fourth-order valence-corrected chi connectivity index (χ4v) is 3.34. The van der Waals surface area contributed by atoms with Gasteiger partial charge in [-0.3, -0.25) is 9.59 Å². The highest BCUT2D eigenvalue weighted by molar-refractivity contribution is 5.88. The van der Waals surface area contributed by atoms with Crippen molar-refractivity contribution in [3.63, 3.8) is 0 Å². The van der Waals surface area contributed by atoms with Crippen LogP contribution in [-0.4, -0.2) is 54.8 Å². The van der Waals surface area contributed by atoms with Crippen molar-refractivity contribution < 1.29 is 28.6 Å². The molecule has 1 aliphatic heterocycles. The van der Waals surface area contributed by atoms with E-state index in [2.05, 4.69) is 0 Å². The molecular weight excluding hydrogens is 326 g/mol. The maximum absolute atomic E-state index is 12.7. The Hall–Kier alpha value is -2.54. The van der Waals surface area contributed by atoms with Crippen LogP contribution in [0.1, 0.15) is 18.4 Å². The van der Waals surface area contributed by atoms with Gasteiger partial charge in [0.2, 0.25) is 5.91 Å². The Bertz CT molecular complexity index is 783. The Morgan fingerprint density at radius 2 is 2.16 bits per heavy atom. The van der Waals surface area contributed by atoms with Gasteiger partial charge in [0.25, 0.3) is 0 Å². The predicted molar refractivity (Wildman–Crippen MR) is 89.6 cm³/mol. The summed E-state index contributed by atoms with van der Waals surface area (Å²) in [6, 6.07) is 5.10. The van der Waals surface area contributed by atoms with E-state index in [1.54, 1.807) is 31.4 Å². The number of amides is 1. The molecule has 2 aromatic rings. The van der Waals surface area contributed by atoms with Gasteiger partial charge in [0.05, 0.1) is 32.3 Å². The zero-order chi connectivity index (χ0) is 18.0. The highest BCUT2D eigenvalue weighted by Gasteiger charge is 2.36. The number of fused-ring (bicyclic) bond motifs is 1. The van der Waals surface area contributed by atoms with E-state index in [0.29, 0.717) is 24.3 Å². The highest BCUT2D eigenvalue weighted by atomic mass is 16.5. The zero-order valence-electron chi connectivity index (χ0n) is 14.2. The molecule has 3 rings (SSSR count). The fourth-order valence-electron chi connectivity index (χ4n) is 3.34. The summed E-state index contributed by atoms with van der Waals surface area (Å²) in [7, 11) is 3.16. The monoisotopic (exact) mass is 347 g/mol. The van der Waals surface area contributed by atoms with Gasteiger partial charge in [0.1, 0.15) is 11.3 Å². The number of likely N-dealkylation sites (tertiary alicyclic amines) is 1. The van der Waals surface area contributed by atoms with E-state index < -0.39 is 5.97 Å². The zero-order valence-corrected chi connectivity index (χ0v) is 14.2. The number of ether oxygens (including phenoxy) is 2. The van der Waals surface area contributed by atoms with Crippen LogP contribution in [0.25, 0.3) is 11.0 Å². The van der Waals surface area contributed by atoms with E-state index in [1.165, 1.54) is 0 Å². The molecule has 7 heteroatoms. The van der Waals surface area contributed by atoms with Gasteiger partial charge in [0.15, 0.2) is 0 Å². The predicted octanol–water partition coefficient (Wildman–Crippen LogP) is 2.07. The van der Waals surface area contributed by atoms with Gasteiger partial charge in [0, 0.05) is 36.7 Å². The molecule has 2 atom stereocenters. The summed E-state index contributed by atoms with van der Waals surface area (Å²) in [4.78, 5) is 25.4. The SMILES string of the molecule is COc1ccc2c(CC(=O)N3CC(OC)CC3CC(=O)O)coc2c1.